The first-order chi connectivity index (χ1) is 6.07. The van der Waals surface area contributed by atoms with Crippen LogP contribution in [0.15, 0.2) is 0 Å². The molecule has 1 aliphatic rings. The molecule has 1 heterocycles. The fourth-order valence-electron chi connectivity index (χ4n) is 1.67. The van der Waals surface area contributed by atoms with E-state index >= 15 is 0 Å². The number of hydrogen-bond donors (Lipinski definition) is 0. The van der Waals surface area contributed by atoms with Gasteiger partial charge in [0.1, 0.15) is 6.54 Å². The van der Waals surface area contributed by atoms with Gasteiger partial charge in [-0.15, -0.1) is 0 Å². The zero-order valence-corrected chi connectivity index (χ0v) is 8.32. The molecular weight excluding hydrogens is 166 g/mol. The van der Waals surface area contributed by atoms with Gasteiger partial charge in [-0.1, -0.05) is 13.8 Å². The van der Waals surface area contributed by atoms with Crippen molar-refractivity contribution in [3.63, 3.8) is 0 Å². The van der Waals surface area contributed by atoms with Gasteiger partial charge < -0.3 is 9.80 Å². The molecule has 0 aromatic carbocycles. The minimum absolute atomic E-state index is 0.0275. The fourth-order valence-corrected chi connectivity index (χ4v) is 1.67. The summed E-state index contributed by atoms with van der Waals surface area (Å²) in [6.07, 6.45) is 0. The molecule has 1 fully saturated rings. The highest BCUT2D eigenvalue weighted by atomic mass is 16.2. The van der Waals surface area contributed by atoms with Crippen molar-refractivity contribution in [2.45, 2.75) is 19.9 Å². The van der Waals surface area contributed by atoms with E-state index < -0.39 is 0 Å². The van der Waals surface area contributed by atoms with Crippen LogP contribution in [0.3, 0.4) is 0 Å². The summed E-state index contributed by atoms with van der Waals surface area (Å²) in [6, 6.07) is 2.22. The molecule has 0 N–H and O–H groups in total. The normalized spacial score (nSPS) is 22.7. The van der Waals surface area contributed by atoms with Crippen LogP contribution in [0.2, 0.25) is 0 Å². The van der Waals surface area contributed by atoms with Crippen LogP contribution < -0.4 is 0 Å². The Hall–Kier alpha value is -1.24. The Morgan fingerprint density at radius 2 is 2.31 bits per heavy atom. The molecule has 0 aromatic heterocycles. The van der Waals surface area contributed by atoms with Crippen LogP contribution in [-0.2, 0) is 0 Å². The molecule has 0 saturated carbocycles. The van der Waals surface area contributed by atoms with Crippen LogP contribution in [0.5, 0.6) is 0 Å². The number of amides is 2. The van der Waals surface area contributed by atoms with Crippen LogP contribution in [0.1, 0.15) is 13.8 Å². The van der Waals surface area contributed by atoms with Gasteiger partial charge in [-0.05, 0) is 5.92 Å². The van der Waals surface area contributed by atoms with Gasteiger partial charge in [-0.3, -0.25) is 0 Å². The Bertz CT molecular complexity index is 244. The average molecular weight is 181 g/mol. The smallest absolute Gasteiger partial charge is 0.320 e. The first-order valence-corrected chi connectivity index (χ1v) is 4.46. The molecule has 0 aliphatic carbocycles. The Balaban J connectivity index is 2.68. The summed E-state index contributed by atoms with van der Waals surface area (Å²) in [7, 11) is 1.80. The molecule has 0 bridgehead atoms. The molecule has 1 saturated heterocycles. The van der Waals surface area contributed by atoms with Gasteiger partial charge in [-0.2, -0.15) is 5.26 Å². The highest BCUT2D eigenvalue weighted by Gasteiger charge is 2.35. The zero-order chi connectivity index (χ0) is 10.0. The average Bonchev–Trinajstić information content (AvgIpc) is 2.33. The van der Waals surface area contributed by atoms with Gasteiger partial charge in [0.05, 0.1) is 12.1 Å². The van der Waals surface area contributed by atoms with Crippen molar-refractivity contribution >= 4 is 6.03 Å². The maximum Gasteiger partial charge on any atom is 0.320 e. The molecule has 0 aromatic rings. The molecule has 1 aliphatic heterocycles. The monoisotopic (exact) mass is 181 g/mol. The van der Waals surface area contributed by atoms with E-state index in [9.17, 15) is 4.79 Å². The molecule has 1 unspecified atom stereocenters. The number of rotatable bonds is 2. The summed E-state index contributed by atoms with van der Waals surface area (Å²) in [5.41, 5.74) is 0. The Labute approximate surface area is 78.7 Å². The van der Waals surface area contributed by atoms with E-state index in [1.54, 1.807) is 16.8 Å². The second-order valence-corrected chi connectivity index (χ2v) is 3.74. The van der Waals surface area contributed by atoms with Gasteiger partial charge >= 0.3 is 6.03 Å². The standard InChI is InChI=1S/C9H15N3O/c1-7(2)8-6-12(5-4-10)9(13)11(8)3/h7-8H,5-6H2,1-3H3. The third kappa shape index (κ3) is 1.74. The number of urea groups is 1. The molecule has 72 valence electrons. The second kappa shape index (κ2) is 3.65. The molecule has 1 rings (SSSR count). The van der Waals surface area contributed by atoms with Crippen LogP contribution in [0.4, 0.5) is 4.79 Å². The lowest BCUT2D eigenvalue weighted by molar-refractivity contribution is 0.194. The van der Waals surface area contributed by atoms with Crippen molar-refractivity contribution < 1.29 is 4.79 Å². The number of carbonyl (C=O) groups excluding carboxylic acids is 1. The predicted octanol–water partition coefficient (Wildman–Crippen LogP) is 0.902. The van der Waals surface area contributed by atoms with E-state index in [1.807, 2.05) is 6.07 Å². The third-order valence-electron chi connectivity index (χ3n) is 2.51. The molecular formula is C9H15N3O. The molecule has 0 spiro atoms. The Morgan fingerprint density at radius 1 is 1.69 bits per heavy atom. The topological polar surface area (TPSA) is 47.3 Å². The van der Waals surface area contributed by atoms with E-state index in [-0.39, 0.29) is 18.6 Å². The van der Waals surface area contributed by atoms with Crippen molar-refractivity contribution in [2.75, 3.05) is 20.1 Å². The maximum atomic E-state index is 11.5. The van der Waals surface area contributed by atoms with Crippen LogP contribution >= 0.6 is 0 Å². The quantitative estimate of drug-likeness (QED) is 0.594. The van der Waals surface area contributed by atoms with Crippen molar-refractivity contribution in [1.82, 2.24) is 9.80 Å². The number of nitrogens with zero attached hydrogens (tertiary/aromatic N) is 3. The molecule has 1 atom stereocenters. The molecule has 4 heteroatoms. The molecule has 2 amide bonds. The SMILES string of the molecule is CC(C)C1CN(CC#N)C(=O)N1C. The van der Waals surface area contributed by atoms with Crippen molar-refractivity contribution in [3.05, 3.63) is 0 Å². The van der Waals surface area contributed by atoms with E-state index in [4.69, 9.17) is 5.26 Å². The van der Waals surface area contributed by atoms with E-state index in [0.29, 0.717) is 12.5 Å². The summed E-state index contributed by atoms with van der Waals surface area (Å²) < 4.78 is 0. The lowest BCUT2D eigenvalue weighted by Crippen LogP contribution is -2.33. The Kier molecular flexibility index (Phi) is 2.76. The van der Waals surface area contributed by atoms with Gasteiger partial charge in [0.15, 0.2) is 0 Å². The highest BCUT2D eigenvalue weighted by molar-refractivity contribution is 5.77. The predicted molar refractivity (Wildman–Crippen MR) is 49.0 cm³/mol. The van der Waals surface area contributed by atoms with Crippen LogP contribution in [-0.4, -0.2) is 42.0 Å². The summed E-state index contributed by atoms with van der Waals surface area (Å²) in [5.74, 6) is 0.442. The molecule has 4 nitrogen and oxygen atoms in total. The summed E-state index contributed by atoms with van der Waals surface area (Å²) >= 11 is 0. The molecule has 13 heavy (non-hydrogen) atoms. The zero-order valence-electron chi connectivity index (χ0n) is 8.32. The first kappa shape index (κ1) is 9.85. The summed E-state index contributed by atoms with van der Waals surface area (Å²) in [6.45, 7) is 5.06. The minimum Gasteiger partial charge on any atom is -0.323 e. The third-order valence-corrected chi connectivity index (χ3v) is 2.51. The summed E-state index contributed by atoms with van der Waals surface area (Å²) in [4.78, 5) is 14.8. The van der Waals surface area contributed by atoms with E-state index in [2.05, 4.69) is 13.8 Å². The lowest BCUT2D eigenvalue weighted by Gasteiger charge is -2.20. The van der Waals surface area contributed by atoms with Gasteiger partial charge in [0, 0.05) is 13.6 Å². The summed E-state index contributed by atoms with van der Waals surface area (Å²) in [5, 5.41) is 8.49. The lowest BCUT2D eigenvalue weighted by atomic mass is 10.0. The minimum atomic E-state index is -0.0275. The number of carbonyl (C=O) groups is 1. The van der Waals surface area contributed by atoms with Crippen molar-refractivity contribution in [1.29, 1.82) is 5.26 Å². The Morgan fingerprint density at radius 3 is 2.69 bits per heavy atom. The largest absolute Gasteiger partial charge is 0.323 e. The number of nitriles is 1. The van der Waals surface area contributed by atoms with Gasteiger partial charge in [0.25, 0.3) is 0 Å². The van der Waals surface area contributed by atoms with Crippen LogP contribution in [0.25, 0.3) is 0 Å². The second-order valence-electron chi connectivity index (χ2n) is 3.74. The van der Waals surface area contributed by atoms with Crippen LogP contribution in [0, 0.1) is 17.2 Å². The molecule has 0 radical (unpaired) electrons. The van der Waals surface area contributed by atoms with E-state index in [0.717, 1.165) is 0 Å². The highest BCUT2D eigenvalue weighted by Crippen LogP contribution is 2.19. The van der Waals surface area contributed by atoms with Gasteiger partial charge in [0.2, 0.25) is 0 Å². The number of hydrogen-bond acceptors (Lipinski definition) is 2. The van der Waals surface area contributed by atoms with E-state index in [1.165, 1.54) is 0 Å². The maximum absolute atomic E-state index is 11.5. The van der Waals surface area contributed by atoms with Gasteiger partial charge in [-0.25, -0.2) is 4.79 Å². The fraction of sp³-hybridized carbons (Fsp3) is 0.778. The number of likely N-dealkylation sites (N-methyl/N-ethyl adjacent to an activating group) is 1. The first-order valence-electron chi connectivity index (χ1n) is 4.46. The van der Waals surface area contributed by atoms with Crippen molar-refractivity contribution in [3.8, 4) is 6.07 Å². The van der Waals surface area contributed by atoms with Crippen molar-refractivity contribution in [2.24, 2.45) is 5.92 Å².